The molecule has 0 amide bonds. The highest BCUT2D eigenvalue weighted by molar-refractivity contribution is 5.38. The molecule has 0 bridgehead atoms. The summed E-state index contributed by atoms with van der Waals surface area (Å²) in [5.41, 5.74) is 0.305. The Hall–Kier alpha value is -1.81. The van der Waals surface area contributed by atoms with Gasteiger partial charge in [-0.05, 0) is 32.1 Å². The van der Waals surface area contributed by atoms with Crippen molar-refractivity contribution >= 4 is 5.82 Å². The summed E-state index contributed by atoms with van der Waals surface area (Å²) in [4.78, 5) is 5.22. The molecule has 0 aromatic carbocycles. The first-order chi connectivity index (χ1) is 8.90. The zero-order valence-electron chi connectivity index (χ0n) is 10.5. The predicted molar refractivity (Wildman–Crippen MR) is 65.6 cm³/mol. The van der Waals surface area contributed by atoms with Crippen LogP contribution in [-0.4, -0.2) is 42.7 Å². The summed E-state index contributed by atoms with van der Waals surface area (Å²) in [6.45, 7) is -0.0658. The number of alkyl halides is 3. The van der Waals surface area contributed by atoms with Gasteiger partial charge in [0.2, 0.25) is 0 Å². The molecule has 7 heteroatoms. The van der Waals surface area contributed by atoms with Crippen molar-refractivity contribution in [2.45, 2.75) is 12.6 Å². The normalized spacial score (nSPS) is 11.4. The molecule has 0 aliphatic rings. The number of nitrogens with one attached hydrogen (secondary N) is 1. The first-order valence-electron chi connectivity index (χ1n) is 5.77. The van der Waals surface area contributed by atoms with Crippen molar-refractivity contribution in [1.82, 2.24) is 9.88 Å². The van der Waals surface area contributed by atoms with Gasteiger partial charge < -0.3 is 5.32 Å². The van der Waals surface area contributed by atoms with Gasteiger partial charge in [-0.2, -0.15) is 18.4 Å². The van der Waals surface area contributed by atoms with Crippen LogP contribution in [0.4, 0.5) is 19.0 Å². The fourth-order valence-electron chi connectivity index (χ4n) is 1.55. The number of hydrogen-bond acceptors (Lipinski definition) is 4. The minimum Gasteiger partial charge on any atom is -0.370 e. The van der Waals surface area contributed by atoms with Gasteiger partial charge in [-0.25, -0.2) is 4.98 Å². The van der Waals surface area contributed by atoms with E-state index in [4.69, 9.17) is 5.26 Å². The second kappa shape index (κ2) is 6.95. The van der Waals surface area contributed by atoms with Crippen molar-refractivity contribution in [3.05, 3.63) is 23.9 Å². The molecule has 0 aliphatic carbocycles. The van der Waals surface area contributed by atoms with E-state index >= 15 is 0 Å². The Morgan fingerprint density at radius 2 is 2.16 bits per heavy atom. The number of aromatic nitrogens is 1. The minimum absolute atomic E-state index is 0.305. The third-order valence-corrected chi connectivity index (χ3v) is 2.34. The molecule has 19 heavy (non-hydrogen) atoms. The molecule has 0 atom stereocenters. The number of anilines is 1. The van der Waals surface area contributed by atoms with Gasteiger partial charge >= 0.3 is 6.18 Å². The Kier molecular flexibility index (Phi) is 5.57. The number of hydrogen-bond donors (Lipinski definition) is 1. The van der Waals surface area contributed by atoms with Crippen LogP contribution in [0.25, 0.3) is 0 Å². The Balaban J connectivity index is 2.25. The number of pyridine rings is 1. The topological polar surface area (TPSA) is 52.0 Å². The molecule has 0 fully saturated rings. The molecule has 0 saturated heterocycles. The molecule has 104 valence electrons. The van der Waals surface area contributed by atoms with E-state index in [1.165, 1.54) is 11.9 Å². The van der Waals surface area contributed by atoms with E-state index in [-0.39, 0.29) is 0 Å². The van der Waals surface area contributed by atoms with E-state index in [0.717, 1.165) is 0 Å². The second-order valence-electron chi connectivity index (χ2n) is 4.15. The monoisotopic (exact) mass is 272 g/mol. The molecule has 0 aliphatic heterocycles. The first kappa shape index (κ1) is 15.2. The van der Waals surface area contributed by atoms with E-state index in [0.29, 0.717) is 31.0 Å². The summed E-state index contributed by atoms with van der Waals surface area (Å²) in [6, 6.07) is 6.91. The standard InChI is InChI=1S/C12H15F3N4/c1-19(9-12(13,14)15)7-3-6-17-11-5-2-4-10(8-16)18-11/h2,4-5H,3,6-7,9H2,1H3,(H,17,18). The van der Waals surface area contributed by atoms with Gasteiger partial charge in [0.25, 0.3) is 0 Å². The maximum atomic E-state index is 12.1. The summed E-state index contributed by atoms with van der Waals surface area (Å²) in [5, 5.41) is 11.6. The third-order valence-electron chi connectivity index (χ3n) is 2.34. The van der Waals surface area contributed by atoms with Crippen LogP contribution in [0.2, 0.25) is 0 Å². The van der Waals surface area contributed by atoms with Gasteiger partial charge in [0.05, 0.1) is 6.54 Å². The summed E-state index contributed by atoms with van der Waals surface area (Å²) in [7, 11) is 1.43. The lowest BCUT2D eigenvalue weighted by Gasteiger charge is -2.18. The average Bonchev–Trinajstić information content (AvgIpc) is 2.33. The highest BCUT2D eigenvalue weighted by Gasteiger charge is 2.28. The average molecular weight is 272 g/mol. The SMILES string of the molecule is CN(CCCNc1cccc(C#N)n1)CC(F)(F)F. The number of nitrogens with zero attached hydrogens (tertiary/aromatic N) is 3. The lowest BCUT2D eigenvalue weighted by atomic mass is 10.3. The van der Waals surface area contributed by atoms with Crippen LogP contribution in [0.15, 0.2) is 18.2 Å². The molecule has 1 heterocycles. The van der Waals surface area contributed by atoms with Crippen molar-refractivity contribution in [1.29, 1.82) is 5.26 Å². The van der Waals surface area contributed by atoms with E-state index in [1.807, 2.05) is 6.07 Å². The first-order valence-corrected chi connectivity index (χ1v) is 5.77. The number of halogens is 3. The Morgan fingerprint density at radius 3 is 2.79 bits per heavy atom. The fraction of sp³-hybridized carbons (Fsp3) is 0.500. The fourth-order valence-corrected chi connectivity index (χ4v) is 1.55. The van der Waals surface area contributed by atoms with Gasteiger partial charge in [0, 0.05) is 6.54 Å². The molecule has 0 saturated carbocycles. The smallest absolute Gasteiger partial charge is 0.370 e. The van der Waals surface area contributed by atoms with Crippen LogP contribution in [0, 0.1) is 11.3 Å². The lowest BCUT2D eigenvalue weighted by Crippen LogP contribution is -2.32. The van der Waals surface area contributed by atoms with Crippen molar-refractivity contribution in [3.8, 4) is 6.07 Å². The van der Waals surface area contributed by atoms with Crippen molar-refractivity contribution in [2.24, 2.45) is 0 Å². The van der Waals surface area contributed by atoms with Gasteiger partial charge in [0.15, 0.2) is 0 Å². The predicted octanol–water partition coefficient (Wildman–Crippen LogP) is 2.25. The van der Waals surface area contributed by atoms with Gasteiger partial charge in [-0.15, -0.1) is 0 Å². The van der Waals surface area contributed by atoms with Crippen molar-refractivity contribution < 1.29 is 13.2 Å². The molecule has 0 radical (unpaired) electrons. The van der Waals surface area contributed by atoms with Crippen LogP contribution < -0.4 is 5.32 Å². The largest absolute Gasteiger partial charge is 0.401 e. The molecule has 0 unspecified atom stereocenters. The molecular formula is C12H15F3N4. The highest BCUT2D eigenvalue weighted by Crippen LogP contribution is 2.15. The number of rotatable bonds is 6. The summed E-state index contributed by atoms with van der Waals surface area (Å²) >= 11 is 0. The van der Waals surface area contributed by atoms with Crippen molar-refractivity contribution in [2.75, 3.05) is 32.0 Å². The lowest BCUT2D eigenvalue weighted by molar-refractivity contribution is -0.142. The van der Waals surface area contributed by atoms with Gasteiger partial charge in [0.1, 0.15) is 17.6 Å². The maximum Gasteiger partial charge on any atom is 0.401 e. The van der Waals surface area contributed by atoms with E-state index in [2.05, 4.69) is 10.3 Å². The quantitative estimate of drug-likeness (QED) is 0.807. The molecule has 1 N–H and O–H groups in total. The highest BCUT2D eigenvalue weighted by atomic mass is 19.4. The Bertz CT molecular complexity index is 439. The number of nitriles is 1. The molecular weight excluding hydrogens is 257 g/mol. The van der Waals surface area contributed by atoms with Gasteiger partial charge in [-0.3, -0.25) is 4.90 Å². The van der Waals surface area contributed by atoms with Crippen molar-refractivity contribution in [3.63, 3.8) is 0 Å². The van der Waals surface area contributed by atoms with Crippen LogP contribution in [-0.2, 0) is 0 Å². The Morgan fingerprint density at radius 1 is 1.42 bits per heavy atom. The molecule has 1 aromatic rings. The van der Waals surface area contributed by atoms with Crippen LogP contribution in [0.3, 0.4) is 0 Å². The summed E-state index contributed by atoms with van der Waals surface area (Å²) < 4.78 is 36.2. The third kappa shape index (κ3) is 6.62. The minimum atomic E-state index is -4.16. The van der Waals surface area contributed by atoms with Crippen LogP contribution in [0.5, 0.6) is 0 Å². The van der Waals surface area contributed by atoms with Gasteiger partial charge in [-0.1, -0.05) is 6.07 Å². The molecule has 4 nitrogen and oxygen atoms in total. The zero-order valence-corrected chi connectivity index (χ0v) is 10.5. The van der Waals surface area contributed by atoms with E-state index < -0.39 is 12.7 Å². The van der Waals surface area contributed by atoms with Crippen LogP contribution >= 0.6 is 0 Å². The molecule has 0 spiro atoms. The maximum absolute atomic E-state index is 12.1. The molecule has 1 aromatic heterocycles. The van der Waals surface area contributed by atoms with E-state index in [9.17, 15) is 13.2 Å². The summed E-state index contributed by atoms with van der Waals surface area (Å²) in [6.07, 6.45) is -3.60. The zero-order chi connectivity index (χ0) is 14.3. The van der Waals surface area contributed by atoms with Crippen LogP contribution in [0.1, 0.15) is 12.1 Å². The Labute approximate surface area is 109 Å². The van der Waals surface area contributed by atoms with E-state index in [1.54, 1.807) is 18.2 Å². The molecule has 1 rings (SSSR count). The summed E-state index contributed by atoms with van der Waals surface area (Å²) in [5.74, 6) is 0.553. The second-order valence-corrected chi connectivity index (χ2v) is 4.15.